The predicted molar refractivity (Wildman–Crippen MR) is 199 cm³/mol. The molecule has 0 fully saturated rings. The summed E-state index contributed by atoms with van der Waals surface area (Å²) in [4.78, 5) is 9.41. The molecule has 5 aromatic carbocycles. The van der Waals surface area contributed by atoms with Crippen LogP contribution in [-0.2, 0) is 37.9 Å². The summed E-state index contributed by atoms with van der Waals surface area (Å²) in [6, 6.07) is 33.4. The first kappa shape index (κ1) is 35.6. The van der Waals surface area contributed by atoms with E-state index in [-0.39, 0.29) is 0 Å². The standard InChI is InChI=1S/C40H42N4O8/c1-45-37(46-2)38(47-3,48-4)42-35(41-37)27-21-17-25(18-22-27)33-29-13-9-11-15-31(29)34(32-16-12-10-14-30(32)33)26-19-23-28(24-20-26)36-43-39(49-5,50-6)40(44-36,51-7)52-8/h9-24H,1-8H3,(H,41,42)(H,43,44). The van der Waals surface area contributed by atoms with E-state index in [4.69, 9.17) is 47.9 Å². The summed E-state index contributed by atoms with van der Waals surface area (Å²) >= 11 is 0. The third-order valence-electron chi connectivity index (χ3n) is 10.00. The molecule has 0 aliphatic carbocycles. The van der Waals surface area contributed by atoms with Gasteiger partial charge in [0.05, 0.1) is 0 Å². The van der Waals surface area contributed by atoms with E-state index in [2.05, 4.69) is 83.4 Å². The van der Waals surface area contributed by atoms with Crippen LogP contribution in [0.25, 0.3) is 43.8 Å². The molecule has 2 heterocycles. The second-order valence-corrected chi connectivity index (χ2v) is 12.2. The minimum atomic E-state index is -1.54. The van der Waals surface area contributed by atoms with Gasteiger partial charge in [0.15, 0.2) is 0 Å². The van der Waals surface area contributed by atoms with Crippen LogP contribution >= 0.6 is 0 Å². The number of benzene rings is 5. The average molecular weight is 707 g/mol. The van der Waals surface area contributed by atoms with E-state index < -0.39 is 23.6 Å². The maximum atomic E-state index is 5.67. The van der Waals surface area contributed by atoms with Gasteiger partial charge < -0.3 is 48.5 Å². The Morgan fingerprint density at radius 2 is 0.635 bits per heavy atom. The fourth-order valence-corrected chi connectivity index (χ4v) is 7.35. The SMILES string of the molecule is COC1(OC)N=C(c2ccc(-c3c4ccccc4c(-c4ccc(C5=NC(OC)(OC)C(OC)(OC)N5)cc4)c4ccccc34)cc2)NC1(OC)OC. The Labute approximate surface area is 302 Å². The smallest absolute Gasteiger partial charge is 0.330 e. The van der Waals surface area contributed by atoms with Crippen molar-refractivity contribution in [2.24, 2.45) is 9.98 Å². The molecule has 2 aliphatic heterocycles. The van der Waals surface area contributed by atoms with E-state index in [1.54, 1.807) is 0 Å². The molecule has 52 heavy (non-hydrogen) atoms. The summed E-state index contributed by atoms with van der Waals surface area (Å²) in [5.74, 6) is -5.00. The molecule has 0 saturated carbocycles. The van der Waals surface area contributed by atoms with E-state index in [1.807, 2.05) is 24.3 Å². The van der Waals surface area contributed by atoms with Crippen molar-refractivity contribution in [3.8, 4) is 22.3 Å². The van der Waals surface area contributed by atoms with Gasteiger partial charge in [0.1, 0.15) is 11.7 Å². The third kappa shape index (κ3) is 5.14. The number of hydrogen-bond donors (Lipinski definition) is 2. The highest BCUT2D eigenvalue weighted by molar-refractivity contribution is 6.21. The van der Waals surface area contributed by atoms with Gasteiger partial charge in [-0.15, -0.1) is 0 Å². The van der Waals surface area contributed by atoms with Crippen molar-refractivity contribution in [2.45, 2.75) is 23.6 Å². The summed E-state index contributed by atoms with van der Waals surface area (Å²) in [5.41, 5.74) is 5.98. The zero-order valence-electron chi connectivity index (χ0n) is 30.4. The van der Waals surface area contributed by atoms with E-state index in [0.717, 1.165) is 54.9 Å². The Kier molecular flexibility index (Phi) is 9.36. The predicted octanol–water partition coefficient (Wildman–Crippen LogP) is 5.81. The van der Waals surface area contributed by atoms with E-state index in [9.17, 15) is 0 Å². The summed E-state index contributed by atoms with van der Waals surface area (Å²) in [6.07, 6.45) is 0. The molecule has 0 atom stereocenters. The van der Waals surface area contributed by atoms with Gasteiger partial charge in [-0.1, -0.05) is 97.1 Å². The van der Waals surface area contributed by atoms with Crippen LogP contribution in [0.1, 0.15) is 11.1 Å². The minimum absolute atomic E-state index is 0.511. The molecule has 0 amide bonds. The molecule has 0 saturated heterocycles. The lowest BCUT2D eigenvalue weighted by atomic mass is 9.85. The average Bonchev–Trinajstić information content (AvgIpc) is 3.74. The second-order valence-electron chi connectivity index (χ2n) is 12.2. The van der Waals surface area contributed by atoms with Crippen molar-refractivity contribution < 1.29 is 37.9 Å². The quantitative estimate of drug-likeness (QED) is 0.121. The monoisotopic (exact) mass is 706 g/mol. The van der Waals surface area contributed by atoms with E-state index in [1.165, 1.54) is 56.9 Å². The van der Waals surface area contributed by atoms with Crippen LogP contribution in [-0.4, -0.2) is 92.2 Å². The number of nitrogens with one attached hydrogen (secondary N) is 2. The van der Waals surface area contributed by atoms with Gasteiger partial charge in [-0.05, 0) is 43.8 Å². The fraction of sp³-hybridized carbons (Fsp3) is 0.300. The highest BCUT2D eigenvalue weighted by atomic mass is 16.8. The van der Waals surface area contributed by atoms with Gasteiger partial charge in [-0.3, -0.25) is 0 Å². The number of amidine groups is 2. The van der Waals surface area contributed by atoms with Gasteiger partial charge in [-0.2, -0.15) is 0 Å². The van der Waals surface area contributed by atoms with Crippen molar-refractivity contribution >= 4 is 33.2 Å². The zero-order chi connectivity index (χ0) is 36.7. The number of hydrogen-bond acceptors (Lipinski definition) is 12. The Morgan fingerprint density at radius 3 is 0.865 bits per heavy atom. The summed E-state index contributed by atoms with van der Waals surface area (Å²) in [5, 5.41) is 10.9. The molecule has 0 radical (unpaired) electrons. The summed E-state index contributed by atoms with van der Waals surface area (Å²) in [6.45, 7) is 0. The van der Waals surface area contributed by atoms with E-state index in [0.29, 0.717) is 11.7 Å². The lowest BCUT2D eigenvalue weighted by Gasteiger charge is -2.37. The molecule has 0 spiro atoms. The van der Waals surface area contributed by atoms with Gasteiger partial charge in [0.2, 0.25) is 0 Å². The normalized spacial score (nSPS) is 18.2. The van der Waals surface area contributed by atoms with Crippen LogP contribution in [0.2, 0.25) is 0 Å². The number of methoxy groups -OCH3 is 8. The molecular weight excluding hydrogens is 664 g/mol. The number of ether oxygens (including phenoxy) is 8. The molecule has 2 aliphatic rings. The van der Waals surface area contributed by atoms with Crippen molar-refractivity contribution in [3.05, 3.63) is 108 Å². The van der Waals surface area contributed by atoms with Crippen molar-refractivity contribution in [1.29, 1.82) is 0 Å². The molecule has 0 bridgehead atoms. The van der Waals surface area contributed by atoms with Crippen molar-refractivity contribution in [3.63, 3.8) is 0 Å². The third-order valence-corrected chi connectivity index (χ3v) is 10.00. The zero-order valence-corrected chi connectivity index (χ0v) is 30.4. The number of aliphatic imine (C=N–C) groups is 2. The molecule has 12 heteroatoms. The van der Waals surface area contributed by atoms with Crippen LogP contribution in [0.15, 0.2) is 107 Å². The molecule has 5 aromatic rings. The number of rotatable bonds is 12. The molecule has 2 N–H and O–H groups in total. The molecule has 270 valence electrons. The summed E-state index contributed by atoms with van der Waals surface area (Å²) in [7, 11) is 12.0. The Bertz CT molecular complexity index is 1940. The molecule has 7 rings (SSSR count). The Balaban J connectivity index is 1.30. The second kappa shape index (κ2) is 13.7. The lowest BCUT2D eigenvalue weighted by molar-refractivity contribution is -0.383. The fourth-order valence-electron chi connectivity index (χ4n) is 7.35. The van der Waals surface area contributed by atoms with Gasteiger partial charge in [-0.25, -0.2) is 9.98 Å². The Hall–Kier alpha value is -4.76. The van der Waals surface area contributed by atoms with E-state index >= 15 is 0 Å². The molecular formula is C40H42N4O8. The van der Waals surface area contributed by atoms with Crippen LogP contribution < -0.4 is 10.6 Å². The molecule has 0 aromatic heterocycles. The van der Waals surface area contributed by atoms with Crippen molar-refractivity contribution in [2.75, 3.05) is 56.9 Å². The number of fused-ring (bicyclic) bond motifs is 2. The number of nitrogens with zero attached hydrogens (tertiary/aromatic N) is 2. The maximum Gasteiger partial charge on any atom is 0.350 e. The van der Waals surface area contributed by atoms with Crippen LogP contribution in [0.5, 0.6) is 0 Å². The minimum Gasteiger partial charge on any atom is -0.330 e. The van der Waals surface area contributed by atoms with Gasteiger partial charge in [0, 0.05) is 68.0 Å². The lowest BCUT2D eigenvalue weighted by Crippen LogP contribution is -2.62. The summed E-state index contributed by atoms with van der Waals surface area (Å²) < 4.78 is 45.3. The Morgan fingerprint density at radius 1 is 0.365 bits per heavy atom. The first-order valence-electron chi connectivity index (χ1n) is 16.6. The van der Waals surface area contributed by atoms with Gasteiger partial charge in [0.25, 0.3) is 0 Å². The highest BCUT2D eigenvalue weighted by Crippen LogP contribution is 2.44. The van der Waals surface area contributed by atoms with Crippen LogP contribution in [0.3, 0.4) is 0 Å². The first-order chi connectivity index (χ1) is 25.3. The molecule has 12 nitrogen and oxygen atoms in total. The molecule has 0 unspecified atom stereocenters. The highest BCUT2D eigenvalue weighted by Gasteiger charge is 2.62. The van der Waals surface area contributed by atoms with Crippen LogP contribution in [0, 0.1) is 0 Å². The van der Waals surface area contributed by atoms with Gasteiger partial charge >= 0.3 is 23.6 Å². The first-order valence-corrected chi connectivity index (χ1v) is 16.6. The van der Waals surface area contributed by atoms with Crippen molar-refractivity contribution in [1.82, 2.24) is 10.6 Å². The maximum absolute atomic E-state index is 5.67. The largest absolute Gasteiger partial charge is 0.350 e. The van der Waals surface area contributed by atoms with Crippen LogP contribution in [0.4, 0.5) is 0 Å². The topological polar surface area (TPSA) is 123 Å².